The van der Waals surface area contributed by atoms with Crippen molar-refractivity contribution in [1.29, 1.82) is 0 Å². The number of nitrogens with one attached hydrogen (secondary N) is 2. The molecule has 2 atom stereocenters. The van der Waals surface area contributed by atoms with Crippen LogP contribution in [0, 0.1) is 0 Å². The molecule has 2 aromatic carbocycles. The molecule has 2 aromatic rings. The largest absolute Gasteiger partial charge is 0.497 e. The summed E-state index contributed by atoms with van der Waals surface area (Å²) in [6, 6.07) is 9.40. The van der Waals surface area contributed by atoms with Gasteiger partial charge < -0.3 is 29.7 Å². The molecule has 0 spiro atoms. The monoisotopic (exact) mass is 614 g/mol. The van der Waals surface area contributed by atoms with E-state index in [2.05, 4.69) is 22.1 Å². The molecule has 10 nitrogen and oxygen atoms in total. The van der Waals surface area contributed by atoms with Crippen LogP contribution in [0.15, 0.2) is 49.1 Å². The lowest BCUT2D eigenvalue weighted by molar-refractivity contribution is -0.141. The Morgan fingerprint density at radius 1 is 1.05 bits per heavy atom. The van der Waals surface area contributed by atoms with Gasteiger partial charge in [0, 0.05) is 50.6 Å². The lowest BCUT2D eigenvalue weighted by Crippen LogP contribution is -2.54. The van der Waals surface area contributed by atoms with Crippen LogP contribution in [0.25, 0.3) is 0 Å². The van der Waals surface area contributed by atoms with Gasteiger partial charge in [-0.05, 0) is 55.6 Å². The number of nitrogens with zero attached hydrogens (tertiary/aromatic N) is 2. The second-order valence-corrected chi connectivity index (χ2v) is 10.9. The van der Waals surface area contributed by atoms with Crippen LogP contribution in [0.5, 0.6) is 17.2 Å². The number of ether oxygens (including phenoxy) is 3. The van der Waals surface area contributed by atoms with Crippen molar-refractivity contribution in [1.82, 2.24) is 20.4 Å². The van der Waals surface area contributed by atoms with Crippen molar-refractivity contribution in [2.24, 2.45) is 0 Å². The lowest BCUT2D eigenvalue weighted by Gasteiger charge is -2.29. The minimum absolute atomic E-state index is 0.226. The summed E-state index contributed by atoms with van der Waals surface area (Å²) in [5.41, 5.74) is 1.72. The normalized spacial score (nSPS) is 19.5. The summed E-state index contributed by atoms with van der Waals surface area (Å²) >= 11 is 6.63. The molecule has 1 aliphatic rings. The van der Waals surface area contributed by atoms with Crippen LogP contribution in [-0.2, 0) is 27.3 Å². The SMILES string of the molecule is C=CCOc1cc(Cl)c(CN2CCCNC(=O)[C@H](C)N(C)C(=O)[C@H](Cc3ccc(OC)cc3)NC(=O)CCC2)cc1OC. The number of amides is 3. The Balaban J connectivity index is 1.77. The molecule has 11 heteroatoms. The first-order chi connectivity index (χ1) is 20.7. The van der Waals surface area contributed by atoms with E-state index in [-0.39, 0.29) is 30.6 Å². The number of methoxy groups -OCH3 is 2. The van der Waals surface area contributed by atoms with Crippen molar-refractivity contribution in [3.63, 3.8) is 0 Å². The van der Waals surface area contributed by atoms with Crippen LogP contribution in [0.1, 0.15) is 37.3 Å². The molecule has 0 bridgehead atoms. The van der Waals surface area contributed by atoms with Gasteiger partial charge in [-0.1, -0.05) is 36.4 Å². The van der Waals surface area contributed by atoms with Gasteiger partial charge in [0.25, 0.3) is 0 Å². The highest BCUT2D eigenvalue weighted by Crippen LogP contribution is 2.34. The first-order valence-corrected chi connectivity index (χ1v) is 14.8. The smallest absolute Gasteiger partial charge is 0.245 e. The summed E-state index contributed by atoms with van der Waals surface area (Å²) in [4.78, 5) is 43.1. The van der Waals surface area contributed by atoms with Gasteiger partial charge in [-0.15, -0.1) is 0 Å². The number of rotatable bonds is 9. The second-order valence-electron chi connectivity index (χ2n) is 10.5. The van der Waals surface area contributed by atoms with Crippen molar-refractivity contribution < 1.29 is 28.6 Å². The first kappa shape index (κ1) is 33.7. The summed E-state index contributed by atoms with van der Waals surface area (Å²) in [6.07, 6.45) is 3.42. The van der Waals surface area contributed by atoms with E-state index in [4.69, 9.17) is 25.8 Å². The molecule has 3 amide bonds. The molecule has 1 fully saturated rings. The van der Waals surface area contributed by atoms with Crippen LogP contribution in [0.4, 0.5) is 0 Å². The quantitative estimate of drug-likeness (QED) is 0.416. The fourth-order valence-electron chi connectivity index (χ4n) is 4.83. The maximum absolute atomic E-state index is 13.5. The van der Waals surface area contributed by atoms with Gasteiger partial charge in [0.15, 0.2) is 11.5 Å². The van der Waals surface area contributed by atoms with E-state index in [0.717, 1.165) is 11.1 Å². The summed E-state index contributed by atoms with van der Waals surface area (Å²) in [5, 5.41) is 6.41. The zero-order valence-corrected chi connectivity index (χ0v) is 26.2. The molecule has 1 heterocycles. The fourth-order valence-corrected chi connectivity index (χ4v) is 5.05. The van der Waals surface area contributed by atoms with Crippen molar-refractivity contribution in [2.75, 3.05) is 47.5 Å². The Bertz CT molecular complexity index is 1260. The highest BCUT2D eigenvalue weighted by molar-refractivity contribution is 6.31. The molecule has 234 valence electrons. The Hall–Kier alpha value is -3.76. The standard InChI is InChI=1S/C32H43ClN4O6/c1-6-17-43-29-20-26(33)24(19-28(29)42-5)21-37-15-7-9-30(38)35-27(18-23-10-12-25(41-4)13-11-23)32(40)36(3)22(2)31(39)34-14-8-16-37/h6,10-13,19-20,22,27H,1,7-9,14-18,21H2,2-5H3,(H,34,39)(H,35,38)/t22-,27-/m0/s1. The lowest BCUT2D eigenvalue weighted by atomic mass is 10.0. The van der Waals surface area contributed by atoms with E-state index in [1.165, 1.54) is 4.90 Å². The minimum atomic E-state index is -0.824. The van der Waals surface area contributed by atoms with Gasteiger partial charge in [0.1, 0.15) is 24.4 Å². The second kappa shape index (κ2) is 16.8. The third kappa shape index (κ3) is 9.90. The minimum Gasteiger partial charge on any atom is -0.497 e. The highest BCUT2D eigenvalue weighted by atomic mass is 35.5. The number of hydrogen-bond donors (Lipinski definition) is 2. The van der Waals surface area contributed by atoms with Crippen LogP contribution in [0.2, 0.25) is 5.02 Å². The Morgan fingerprint density at radius 2 is 1.77 bits per heavy atom. The number of carbonyl (C=O) groups excluding carboxylic acids is 3. The number of hydrogen-bond acceptors (Lipinski definition) is 7. The van der Waals surface area contributed by atoms with Gasteiger partial charge in [0.05, 0.1) is 14.2 Å². The van der Waals surface area contributed by atoms with Gasteiger partial charge >= 0.3 is 0 Å². The van der Waals surface area contributed by atoms with Gasteiger partial charge in [-0.3, -0.25) is 19.3 Å². The third-order valence-electron chi connectivity index (χ3n) is 7.45. The summed E-state index contributed by atoms with van der Waals surface area (Å²) in [6.45, 7) is 7.92. The molecular formula is C32H43ClN4O6. The fraction of sp³-hybridized carbons (Fsp3) is 0.469. The predicted octanol–water partition coefficient (Wildman–Crippen LogP) is 3.60. The Morgan fingerprint density at radius 3 is 2.44 bits per heavy atom. The first-order valence-electron chi connectivity index (χ1n) is 14.5. The van der Waals surface area contributed by atoms with Crippen LogP contribution in [0.3, 0.4) is 0 Å². The van der Waals surface area contributed by atoms with Gasteiger partial charge in [0.2, 0.25) is 17.7 Å². The molecule has 0 aromatic heterocycles. The topological polar surface area (TPSA) is 109 Å². The van der Waals surface area contributed by atoms with E-state index >= 15 is 0 Å². The third-order valence-corrected chi connectivity index (χ3v) is 7.80. The zero-order chi connectivity index (χ0) is 31.4. The number of halogens is 1. The molecule has 0 saturated carbocycles. The Kier molecular flexibility index (Phi) is 13.2. The van der Waals surface area contributed by atoms with Crippen molar-refractivity contribution in [2.45, 2.75) is 51.2 Å². The summed E-state index contributed by atoms with van der Waals surface area (Å²) in [7, 11) is 4.75. The summed E-state index contributed by atoms with van der Waals surface area (Å²) in [5.74, 6) is 0.991. The maximum atomic E-state index is 13.5. The van der Waals surface area contributed by atoms with E-state index < -0.39 is 12.1 Å². The average molecular weight is 615 g/mol. The highest BCUT2D eigenvalue weighted by Gasteiger charge is 2.30. The maximum Gasteiger partial charge on any atom is 0.245 e. The molecule has 1 aliphatic heterocycles. The van der Waals surface area contributed by atoms with Crippen molar-refractivity contribution in [3.8, 4) is 17.2 Å². The van der Waals surface area contributed by atoms with Crippen LogP contribution < -0.4 is 24.8 Å². The number of benzene rings is 2. The van der Waals surface area contributed by atoms with Crippen molar-refractivity contribution in [3.05, 3.63) is 65.2 Å². The molecule has 3 rings (SSSR count). The van der Waals surface area contributed by atoms with Gasteiger partial charge in [-0.25, -0.2) is 0 Å². The van der Waals surface area contributed by atoms with E-state index in [9.17, 15) is 14.4 Å². The number of likely N-dealkylation sites (N-methyl/N-ethyl adjacent to an activating group) is 1. The molecule has 0 unspecified atom stereocenters. The van der Waals surface area contributed by atoms with Crippen molar-refractivity contribution >= 4 is 29.3 Å². The van der Waals surface area contributed by atoms with E-state index in [0.29, 0.717) is 67.9 Å². The van der Waals surface area contributed by atoms with Crippen LogP contribution in [-0.4, -0.2) is 87.1 Å². The molecule has 1 saturated heterocycles. The molecule has 0 aliphatic carbocycles. The number of carbonyl (C=O) groups is 3. The van der Waals surface area contributed by atoms with E-state index in [1.54, 1.807) is 40.3 Å². The zero-order valence-electron chi connectivity index (χ0n) is 25.5. The predicted molar refractivity (Wildman–Crippen MR) is 167 cm³/mol. The molecule has 0 radical (unpaired) electrons. The van der Waals surface area contributed by atoms with Crippen LogP contribution >= 0.6 is 11.6 Å². The summed E-state index contributed by atoms with van der Waals surface area (Å²) < 4.78 is 16.4. The average Bonchev–Trinajstić information content (AvgIpc) is 3.01. The van der Waals surface area contributed by atoms with E-state index in [1.807, 2.05) is 30.3 Å². The Labute approximate surface area is 259 Å². The molecular weight excluding hydrogens is 572 g/mol. The molecule has 43 heavy (non-hydrogen) atoms. The molecule has 2 N–H and O–H groups in total. The van der Waals surface area contributed by atoms with Gasteiger partial charge in [-0.2, -0.15) is 0 Å².